The molecule has 1 N–H and O–H groups in total. The number of hydrogen-bond donors (Lipinski definition) is 1. The third kappa shape index (κ3) is 9.59. The zero-order valence-electron chi connectivity index (χ0n) is 10.1. The first-order valence-electron chi connectivity index (χ1n) is 4.99. The van der Waals surface area contributed by atoms with Crippen LogP contribution in [0.2, 0.25) is 19.1 Å². The van der Waals surface area contributed by atoms with Crippen LogP contribution in [0.5, 0.6) is 0 Å². The zero-order valence-corrected chi connectivity index (χ0v) is 11.9. The van der Waals surface area contributed by atoms with Crippen LogP contribution in [0, 0.1) is 0 Å². The fraction of sp³-hybridized carbons (Fsp3) is 1.00. The third-order valence-electron chi connectivity index (χ3n) is 2.14. The molecule has 0 aliphatic rings. The summed E-state index contributed by atoms with van der Waals surface area (Å²) in [6, 6.07) is 0.630. The molecule has 0 fully saturated rings. The van der Waals surface area contributed by atoms with E-state index in [2.05, 4.69) is 4.74 Å². The lowest BCUT2D eigenvalue weighted by Gasteiger charge is -2.20. The zero-order chi connectivity index (χ0) is 13.7. The van der Waals surface area contributed by atoms with E-state index >= 15 is 0 Å². The van der Waals surface area contributed by atoms with Gasteiger partial charge in [-0.05, 0) is 25.6 Å². The fourth-order valence-corrected chi connectivity index (χ4v) is 2.78. The predicted octanol–water partition coefficient (Wildman–Crippen LogP) is 1.73. The van der Waals surface area contributed by atoms with Crippen molar-refractivity contribution in [3.63, 3.8) is 0 Å². The minimum Gasteiger partial charge on any atom is -0.420 e. The summed E-state index contributed by atoms with van der Waals surface area (Å²) in [4.78, 5) is 0. The van der Waals surface area contributed by atoms with Crippen LogP contribution >= 0.6 is 0 Å². The van der Waals surface area contributed by atoms with Crippen molar-refractivity contribution in [1.29, 1.82) is 0 Å². The van der Waals surface area contributed by atoms with E-state index in [4.69, 9.17) is 8.98 Å². The molecule has 9 heteroatoms. The first-order valence-corrected chi connectivity index (χ1v) is 9.72. The van der Waals surface area contributed by atoms with Crippen LogP contribution in [0.15, 0.2) is 0 Å². The molecule has 0 aromatic carbocycles. The van der Waals surface area contributed by atoms with Gasteiger partial charge in [-0.1, -0.05) is 0 Å². The summed E-state index contributed by atoms with van der Waals surface area (Å²) in [5, 5.41) is 0. The molecule has 0 aliphatic heterocycles. The minimum atomic E-state index is -4.74. The predicted molar refractivity (Wildman–Crippen MR) is 61.2 cm³/mol. The van der Waals surface area contributed by atoms with Crippen LogP contribution in [-0.2, 0) is 19.3 Å². The highest BCUT2D eigenvalue weighted by Gasteiger charge is 2.36. The Morgan fingerprint density at radius 2 is 1.88 bits per heavy atom. The molecule has 0 aromatic heterocycles. The molecule has 0 amide bonds. The van der Waals surface area contributed by atoms with Crippen molar-refractivity contribution in [3.8, 4) is 0 Å². The summed E-state index contributed by atoms with van der Waals surface area (Å²) in [6.45, 7) is 3.59. The van der Waals surface area contributed by atoms with Crippen LogP contribution in [-0.4, -0.2) is 46.9 Å². The summed E-state index contributed by atoms with van der Waals surface area (Å²) in [5.74, 6) is -1.72. The summed E-state index contributed by atoms with van der Waals surface area (Å²) >= 11 is 0. The first-order chi connectivity index (χ1) is 7.47. The van der Waals surface area contributed by atoms with E-state index in [1.54, 1.807) is 7.11 Å². The van der Waals surface area contributed by atoms with Gasteiger partial charge in [0.15, 0.2) is 14.1 Å². The topological polar surface area (TPSA) is 72.8 Å². The second-order valence-electron chi connectivity index (χ2n) is 4.28. The molecule has 0 unspecified atom stereocenters. The molecule has 5 nitrogen and oxygen atoms in total. The SMILES string of the molecule is CO[Si](C)(C)CCCOC(F)(F)CS(=O)(=O)O. The molecule has 0 saturated heterocycles. The summed E-state index contributed by atoms with van der Waals surface area (Å²) in [5.41, 5.74) is 0. The van der Waals surface area contributed by atoms with E-state index < -0.39 is 30.3 Å². The van der Waals surface area contributed by atoms with Gasteiger partial charge in [-0.25, -0.2) is 0 Å². The summed E-state index contributed by atoms with van der Waals surface area (Å²) < 4.78 is 63.8. The van der Waals surface area contributed by atoms with Crippen molar-refractivity contribution in [2.75, 3.05) is 19.5 Å². The van der Waals surface area contributed by atoms with Gasteiger partial charge in [-0.2, -0.15) is 17.2 Å². The van der Waals surface area contributed by atoms with E-state index in [0.717, 1.165) is 0 Å². The molecule has 0 atom stereocenters. The number of alkyl halides is 2. The second-order valence-corrected chi connectivity index (χ2v) is 10.2. The van der Waals surface area contributed by atoms with Crippen LogP contribution < -0.4 is 0 Å². The standard InChI is InChI=1S/C8H18F2O5SSi/c1-14-17(2,3)6-4-5-15-8(9,10)7-16(11,12)13/h4-7H2,1-3H3,(H,11,12,13). The Morgan fingerprint density at radius 3 is 2.29 bits per heavy atom. The lowest BCUT2D eigenvalue weighted by Crippen LogP contribution is -2.32. The lowest BCUT2D eigenvalue weighted by atomic mass is 10.5. The highest BCUT2D eigenvalue weighted by Crippen LogP contribution is 2.19. The number of ether oxygens (including phenoxy) is 1. The molecular weight excluding hydrogens is 274 g/mol. The van der Waals surface area contributed by atoms with Gasteiger partial charge in [0.2, 0.25) is 0 Å². The van der Waals surface area contributed by atoms with Gasteiger partial charge in [0.05, 0.1) is 6.61 Å². The third-order valence-corrected chi connectivity index (χ3v) is 5.50. The van der Waals surface area contributed by atoms with Gasteiger partial charge in [0.1, 0.15) is 0 Å². The first kappa shape index (κ1) is 16.9. The highest BCUT2D eigenvalue weighted by atomic mass is 32.2. The normalized spacial score (nSPS) is 14.0. The lowest BCUT2D eigenvalue weighted by molar-refractivity contribution is -0.221. The number of hydrogen-bond acceptors (Lipinski definition) is 4. The fourth-order valence-electron chi connectivity index (χ4n) is 1.08. The number of rotatable bonds is 8. The maximum absolute atomic E-state index is 12.8. The molecule has 104 valence electrons. The molecular formula is C8H18F2O5SSi. The van der Waals surface area contributed by atoms with Crippen molar-refractivity contribution in [1.82, 2.24) is 0 Å². The maximum atomic E-state index is 12.8. The van der Waals surface area contributed by atoms with Crippen LogP contribution in [0.1, 0.15) is 6.42 Å². The smallest absolute Gasteiger partial charge is 0.372 e. The Bertz CT molecular complexity index is 331. The Labute approximate surface area is 101 Å². The van der Waals surface area contributed by atoms with Gasteiger partial charge < -0.3 is 9.16 Å². The second kappa shape index (κ2) is 6.18. The van der Waals surface area contributed by atoms with Gasteiger partial charge in [-0.15, -0.1) is 0 Å². The largest absolute Gasteiger partial charge is 0.420 e. The van der Waals surface area contributed by atoms with Gasteiger partial charge in [-0.3, -0.25) is 4.55 Å². The highest BCUT2D eigenvalue weighted by molar-refractivity contribution is 7.85. The van der Waals surface area contributed by atoms with E-state index in [1.807, 2.05) is 13.1 Å². The van der Waals surface area contributed by atoms with Gasteiger partial charge in [0.25, 0.3) is 10.1 Å². The molecule has 0 aromatic rings. The Balaban J connectivity index is 3.96. The molecule has 0 saturated carbocycles. The van der Waals surface area contributed by atoms with Crippen LogP contribution in [0.25, 0.3) is 0 Å². The Morgan fingerprint density at radius 1 is 1.35 bits per heavy atom. The summed E-state index contributed by atoms with van der Waals surface area (Å²) in [7, 11) is -4.99. The van der Waals surface area contributed by atoms with E-state index in [-0.39, 0.29) is 6.61 Å². The van der Waals surface area contributed by atoms with Gasteiger partial charge in [0, 0.05) is 7.11 Å². The maximum Gasteiger partial charge on any atom is 0.372 e. The van der Waals surface area contributed by atoms with Crippen molar-refractivity contribution in [2.24, 2.45) is 0 Å². The molecule has 0 bridgehead atoms. The average molecular weight is 292 g/mol. The average Bonchev–Trinajstić information content (AvgIpc) is 2.09. The Hall–Kier alpha value is -0.0931. The molecule has 0 heterocycles. The van der Waals surface area contributed by atoms with Crippen LogP contribution in [0.4, 0.5) is 8.78 Å². The van der Waals surface area contributed by atoms with Gasteiger partial charge >= 0.3 is 6.11 Å². The van der Waals surface area contributed by atoms with Crippen molar-refractivity contribution >= 4 is 18.4 Å². The molecule has 0 spiro atoms. The summed E-state index contributed by atoms with van der Waals surface area (Å²) in [6.07, 6.45) is -3.50. The quantitative estimate of drug-likeness (QED) is 0.419. The van der Waals surface area contributed by atoms with E-state index in [1.165, 1.54) is 0 Å². The molecule has 0 radical (unpaired) electrons. The molecule has 0 rings (SSSR count). The molecule has 0 aliphatic carbocycles. The van der Waals surface area contributed by atoms with Crippen LogP contribution in [0.3, 0.4) is 0 Å². The minimum absolute atomic E-state index is 0.275. The van der Waals surface area contributed by atoms with Crippen molar-refractivity contribution in [3.05, 3.63) is 0 Å². The van der Waals surface area contributed by atoms with E-state index in [0.29, 0.717) is 12.5 Å². The molecule has 17 heavy (non-hydrogen) atoms. The Kier molecular flexibility index (Phi) is 6.15. The van der Waals surface area contributed by atoms with Crippen molar-refractivity contribution < 1.29 is 30.9 Å². The monoisotopic (exact) mass is 292 g/mol. The van der Waals surface area contributed by atoms with E-state index in [9.17, 15) is 17.2 Å². The number of halogens is 2. The van der Waals surface area contributed by atoms with Crippen molar-refractivity contribution in [2.45, 2.75) is 31.7 Å².